The Bertz CT molecular complexity index is 3470. The van der Waals surface area contributed by atoms with Gasteiger partial charge in [-0.15, -0.1) is 0 Å². The number of hydrogen-bond donors (Lipinski definition) is 0. The standard InChI is InChI=1S/C55H41BN2O/c1-54(2,3)34-26-28-44(40(31-34)32-16-7-6-8-17-32)57-45-29-27-43-48(37-20-11-13-24-42(37)55(43,4)5)50(45)56-49-41(30-33-18-9-10-19-35(33)52(49)57)36-22-15-23-39-47-38-21-12-14-25-46(38)59-53(47)58(56)51(36)39/h6-31H,1-5H3. The van der Waals surface area contributed by atoms with E-state index in [1.165, 1.54) is 105 Å². The number of rotatable bonds is 2. The lowest BCUT2D eigenvalue weighted by molar-refractivity contribution is 0.590. The normalized spacial score (nSPS) is 14.6. The first kappa shape index (κ1) is 33.2. The van der Waals surface area contributed by atoms with E-state index in [0.29, 0.717) is 0 Å². The number of nitrogens with zero attached hydrogens (tertiary/aromatic N) is 2. The monoisotopic (exact) mass is 756 g/mol. The number of aromatic nitrogens is 1. The minimum Gasteiger partial charge on any atom is -0.441 e. The lowest BCUT2D eigenvalue weighted by atomic mass is 9.43. The van der Waals surface area contributed by atoms with Crippen molar-refractivity contribution in [2.24, 2.45) is 0 Å². The topological polar surface area (TPSA) is 21.3 Å². The molecule has 0 unspecified atom stereocenters. The Kier molecular flexibility index (Phi) is 6.33. The number of para-hydroxylation sites is 2. The second kappa shape index (κ2) is 11.2. The van der Waals surface area contributed by atoms with Crippen LogP contribution in [0.3, 0.4) is 0 Å². The summed E-state index contributed by atoms with van der Waals surface area (Å²) in [6.07, 6.45) is 0. The van der Waals surface area contributed by atoms with Crippen LogP contribution < -0.4 is 15.8 Å². The van der Waals surface area contributed by atoms with Crippen LogP contribution in [0.15, 0.2) is 162 Å². The predicted octanol–water partition coefficient (Wildman–Crippen LogP) is 13.4. The zero-order valence-electron chi connectivity index (χ0n) is 33.9. The molecule has 280 valence electrons. The minimum absolute atomic E-state index is 0.0247. The number of benzene rings is 8. The largest absolute Gasteiger partial charge is 0.441 e. The summed E-state index contributed by atoms with van der Waals surface area (Å²) in [4.78, 5) is 2.64. The summed E-state index contributed by atoms with van der Waals surface area (Å²) in [5.74, 6) is 0. The average Bonchev–Trinajstić information content (AvgIpc) is 3.87. The Morgan fingerprint density at radius 2 is 1.27 bits per heavy atom. The molecule has 59 heavy (non-hydrogen) atoms. The van der Waals surface area contributed by atoms with Crippen LogP contribution >= 0.6 is 0 Å². The Hall–Kier alpha value is -6.78. The summed E-state index contributed by atoms with van der Waals surface area (Å²) < 4.78 is 9.66. The van der Waals surface area contributed by atoms with Crippen LogP contribution in [0, 0.1) is 0 Å². The molecule has 0 fully saturated rings. The summed E-state index contributed by atoms with van der Waals surface area (Å²) >= 11 is 0. The Morgan fingerprint density at radius 1 is 0.559 bits per heavy atom. The molecule has 3 nitrogen and oxygen atoms in total. The summed E-state index contributed by atoms with van der Waals surface area (Å²) in [7, 11) is 0. The highest BCUT2D eigenvalue weighted by Crippen LogP contribution is 2.55. The zero-order valence-corrected chi connectivity index (χ0v) is 33.9. The van der Waals surface area contributed by atoms with Crippen LogP contribution in [0.5, 0.6) is 0 Å². The minimum atomic E-state index is -0.172. The molecule has 0 N–H and O–H groups in total. The Labute approximate surface area is 344 Å². The molecule has 2 aliphatic heterocycles. The molecule has 0 bridgehead atoms. The van der Waals surface area contributed by atoms with Gasteiger partial charge < -0.3 is 13.8 Å². The van der Waals surface area contributed by atoms with Crippen LogP contribution in [-0.2, 0) is 10.8 Å². The summed E-state index contributed by atoms with van der Waals surface area (Å²) in [5, 5.41) is 6.07. The fourth-order valence-corrected chi connectivity index (χ4v) is 11.2. The van der Waals surface area contributed by atoms with Crippen molar-refractivity contribution in [2.75, 3.05) is 4.90 Å². The molecule has 0 saturated heterocycles. The van der Waals surface area contributed by atoms with E-state index >= 15 is 0 Å². The lowest BCUT2D eigenvalue weighted by Gasteiger charge is -2.43. The predicted molar refractivity (Wildman–Crippen MR) is 249 cm³/mol. The summed E-state index contributed by atoms with van der Waals surface area (Å²) in [6.45, 7) is 11.6. The molecule has 8 aromatic carbocycles. The van der Waals surface area contributed by atoms with Gasteiger partial charge in [0.25, 0.3) is 0 Å². The number of fused-ring (bicyclic) bond motifs is 15. The third-order valence-electron chi connectivity index (χ3n) is 13.9. The summed E-state index contributed by atoms with van der Waals surface area (Å²) in [6, 6.07) is 59.1. The van der Waals surface area contributed by atoms with Crippen molar-refractivity contribution >= 4 is 78.6 Å². The van der Waals surface area contributed by atoms with E-state index < -0.39 is 0 Å². The van der Waals surface area contributed by atoms with Crippen molar-refractivity contribution in [2.45, 2.75) is 45.4 Å². The maximum atomic E-state index is 7.07. The van der Waals surface area contributed by atoms with Crippen LogP contribution in [-0.4, -0.2) is 11.3 Å². The molecule has 4 heterocycles. The number of hydrogen-bond acceptors (Lipinski definition) is 2. The quantitative estimate of drug-likeness (QED) is 0.164. The van der Waals surface area contributed by atoms with Crippen molar-refractivity contribution in [1.82, 2.24) is 4.48 Å². The van der Waals surface area contributed by atoms with E-state index in [1.807, 2.05) is 0 Å². The molecule has 0 amide bonds. The molecule has 2 aromatic heterocycles. The SMILES string of the molecule is CC(C)(C)c1ccc(N2c3ccc4c(c3B3c5c(cc6ccccc6c52)-c2cccc5c6c7ccccc7oc6n3c25)-c2ccccc2C4(C)C)c(-c2ccccc2)c1. The summed E-state index contributed by atoms with van der Waals surface area (Å²) in [5.41, 5.74) is 20.9. The first-order chi connectivity index (χ1) is 28.7. The molecule has 0 radical (unpaired) electrons. The highest BCUT2D eigenvalue weighted by atomic mass is 16.3. The van der Waals surface area contributed by atoms with E-state index in [4.69, 9.17) is 4.42 Å². The smallest absolute Gasteiger partial charge is 0.336 e. The van der Waals surface area contributed by atoms with Gasteiger partial charge in [-0.3, -0.25) is 0 Å². The van der Waals surface area contributed by atoms with Gasteiger partial charge in [-0.1, -0.05) is 162 Å². The molecule has 0 atom stereocenters. The van der Waals surface area contributed by atoms with Crippen LogP contribution in [0.1, 0.15) is 51.3 Å². The fourth-order valence-electron chi connectivity index (χ4n) is 11.2. The van der Waals surface area contributed by atoms with E-state index in [-0.39, 0.29) is 17.7 Å². The molecule has 3 aliphatic rings. The van der Waals surface area contributed by atoms with Gasteiger partial charge in [-0.05, 0) is 91.0 Å². The molecule has 0 saturated carbocycles. The van der Waals surface area contributed by atoms with E-state index in [0.717, 1.165) is 16.7 Å². The maximum absolute atomic E-state index is 7.07. The van der Waals surface area contributed by atoms with E-state index in [9.17, 15) is 0 Å². The van der Waals surface area contributed by atoms with Gasteiger partial charge in [0.15, 0.2) is 5.71 Å². The maximum Gasteiger partial charge on any atom is 0.336 e. The highest BCUT2D eigenvalue weighted by molar-refractivity contribution is 6.91. The fraction of sp³-hybridized carbons (Fsp3) is 0.127. The Balaban J connectivity index is 1.26. The van der Waals surface area contributed by atoms with Gasteiger partial charge >= 0.3 is 6.85 Å². The molecule has 1 aliphatic carbocycles. The van der Waals surface area contributed by atoms with E-state index in [2.05, 4.69) is 202 Å². The first-order valence-corrected chi connectivity index (χ1v) is 21.0. The van der Waals surface area contributed by atoms with Gasteiger partial charge in [-0.25, -0.2) is 0 Å². The average molecular weight is 757 g/mol. The highest BCUT2D eigenvalue weighted by Gasteiger charge is 2.49. The van der Waals surface area contributed by atoms with Gasteiger partial charge in [0, 0.05) is 43.9 Å². The lowest BCUT2D eigenvalue weighted by Crippen LogP contribution is -2.57. The van der Waals surface area contributed by atoms with Gasteiger partial charge in [-0.2, -0.15) is 0 Å². The second-order valence-corrected chi connectivity index (χ2v) is 18.4. The number of furan rings is 1. The van der Waals surface area contributed by atoms with Gasteiger partial charge in [0.05, 0.1) is 16.8 Å². The van der Waals surface area contributed by atoms with Crippen LogP contribution in [0.2, 0.25) is 0 Å². The van der Waals surface area contributed by atoms with Gasteiger partial charge in [0.1, 0.15) is 5.58 Å². The number of anilines is 3. The molecular formula is C55H41BN2O. The van der Waals surface area contributed by atoms with E-state index in [1.54, 1.807) is 0 Å². The molecular weight excluding hydrogens is 715 g/mol. The first-order valence-electron chi connectivity index (χ1n) is 21.0. The molecule has 13 rings (SSSR count). The molecule has 0 spiro atoms. The van der Waals surface area contributed by atoms with Crippen LogP contribution in [0.4, 0.5) is 17.1 Å². The van der Waals surface area contributed by atoms with Crippen LogP contribution in [0.25, 0.3) is 77.1 Å². The van der Waals surface area contributed by atoms with Crippen molar-refractivity contribution in [3.63, 3.8) is 0 Å². The third-order valence-corrected chi connectivity index (χ3v) is 13.9. The van der Waals surface area contributed by atoms with Crippen molar-refractivity contribution in [3.8, 4) is 33.4 Å². The van der Waals surface area contributed by atoms with Crippen molar-refractivity contribution in [3.05, 3.63) is 174 Å². The van der Waals surface area contributed by atoms with Crippen molar-refractivity contribution < 1.29 is 4.42 Å². The second-order valence-electron chi connectivity index (χ2n) is 18.4. The Morgan fingerprint density at radius 3 is 2.12 bits per heavy atom. The molecule has 4 heteroatoms. The third kappa shape index (κ3) is 4.18. The zero-order chi connectivity index (χ0) is 39.5. The van der Waals surface area contributed by atoms with Crippen molar-refractivity contribution in [1.29, 1.82) is 0 Å². The molecule has 10 aromatic rings. The van der Waals surface area contributed by atoms with Gasteiger partial charge in [0.2, 0.25) is 0 Å².